The summed E-state index contributed by atoms with van der Waals surface area (Å²) in [6.07, 6.45) is 2.49. The molecule has 1 fully saturated rings. The maximum Gasteiger partial charge on any atom is 0.410 e. The van der Waals surface area contributed by atoms with Gasteiger partial charge < -0.3 is 9.47 Å². The minimum absolute atomic E-state index is 0.0251. The Balaban J connectivity index is 1.90. The number of esters is 1. The Morgan fingerprint density at radius 3 is 2.16 bits per heavy atom. The highest BCUT2D eigenvalue weighted by Crippen LogP contribution is 2.50. The second-order valence-electron chi connectivity index (χ2n) is 10.9. The van der Waals surface area contributed by atoms with Crippen LogP contribution in [0, 0.1) is 5.41 Å². The highest BCUT2D eigenvalue weighted by Gasteiger charge is 2.55. The number of aryl methyl sites for hydroxylation is 1. The van der Waals surface area contributed by atoms with Gasteiger partial charge in [0.25, 0.3) is 0 Å². The van der Waals surface area contributed by atoms with Crippen LogP contribution < -0.4 is 0 Å². The van der Waals surface area contributed by atoms with E-state index in [0.29, 0.717) is 18.4 Å². The van der Waals surface area contributed by atoms with E-state index in [1.165, 1.54) is 0 Å². The Bertz CT molecular complexity index is 886. The van der Waals surface area contributed by atoms with Gasteiger partial charge in [-0.25, -0.2) is 4.79 Å². The number of amides is 1. The molecule has 1 saturated carbocycles. The van der Waals surface area contributed by atoms with Crippen LogP contribution in [0.5, 0.6) is 0 Å². The normalized spacial score (nSPS) is 19.4. The van der Waals surface area contributed by atoms with Gasteiger partial charge in [0, 0.05) is 12.1 Å². The average Bonchev–Trinajstić information content (AvgIpc) is 3.29. The Hall–Kier alpha value is -2.37. The molecule has 0 heterocycles. The number of ketones is 1. The smallest absolute Gasteiger partial charge is 0.410 e. The molecule has 2 aliphatic rings. The number of carbonyl (C=O) groups is 3. The summed E-state index contributed by atoms with van der Waals surface area (Å²) in [5.41, 5.74) is 0.885. The number of fused-ring (bicyclic) bond motifs is 1. The Labute approximate surface area is 185 Å². The molecule has 0 saturated heterocycles. The quantitative estimate of drug-likeness (QED) is 0.473. The van der Waals surface area contributed by atoms with Crippen molar-refractivity contribution in [2.45, 2.75) is 91.4 Å². The molecule has 0 radical (unpaired) electrons. The zero-order chi connectivity index (χ0) is 23.2. The van der Waals surface area contributed by atoms with Crippen molar-refractivity contribution in [2.75, 3.05) is 6.54 Å². The van der Waals surface area contributed by atoms with Gasteiger partial charge in [0.1, 0.15) is 11.2 Å². The van der Waals surface area contributed by atoms with E-state index >= 15 is 0 Å². The molecule has 0 N–H and O–H groups in total. The van der Waals surface area contributed by atoms with Gasteiger partial charge in [-0.15, -0.1) is 0 Å². The number of benzene rings is 1. The van der Waals surface area contributed by atoms with E-state index in [-0.39, 0.29) is 24.3 Å². The van der Waals surface area contributed by atoms with Gasteiger partial charge >= 0.3 is 12.1 Å². The summed E-state index contributed by atoms with van der Waals surface area (Å²) in [4.78, 5) is 39.7. The Kier molecular flexibility index (Phi) is 5.98. The first-order valence-electron chi connectivity index (χ1n) is 11.1. The standard InChI is InChI=1S/C25H35NO5/c1-16(27)17-8-10-19-18(14-17)9-11-20(19)26(22(29)31-24(5,6)7)15-25(12-13-25)21(28)30-23(2,3)4/h8,10,14,20H,9,11-13,15H2,1-7H3. The maximum atomic E-state index is 13.2. The fraction of sp³-hybridized carbons (Fsp3) is 0.640. The van der Waals surface area contributed by atoms with Crippen molar-refractivity contribution in [1.29, 1.82) is 0 Å². The summed E-state index contributed by atoms with van der Waals surface area (Å²) >= 11 is 0. The van der Waals surface area contributed by atoms with Gasteiger partial charge in [0.2, 0.25) is 0 Å². The van der Waals surface area contributed by atoms with Gasteiger partial charge in [-0.2, -0.15) is 0 Å². The molecule has 170 valence electrons. The van der Waals surface area contributed by atoms with Crippen molar-refractivity contribution in [3.05, 3.63) is 34.9 Å². The number of hydrogen-bond donors (Lipinski definition) is 0. The predicted octanol–water partition coefficient (Wildman–Crippen LogP) is 5.24. The SMILES string of the molecule is CC(=O)c1ccc2c(c1)CCC2N(CC1(C(=O)OC(C)(C)C)CC1)C(=O)OC(C)(C)C. The first-order valence-corrected chi connectivity index (χ1v) is 11.1. The topological polar surface area (TPSA) is 72.9 Å². The molecule has 3 rings (SSSR count). The lowest BCUT2D eigenvalue weighted by molar-refractivity contribution is -0.162. The molecule has 1 unspecified atom stereocenters. The summed E-state index contributed by atoms with van der Waals surface area (Å²) < 4.78 is 11.4. The largest absolute Gasteiger partial charge is 0.459 e. The third kappa shape index (κ3) is 5.46. The lowest BCUT2D eigenvalue weighted by atomic mass is 10.0. The van der Waals surface area contributed by atoms with Gasteiger partial charge in [-0.1, -0.05) is 12.1 Å². The van der Waals surface area contributed by atoms with Crippen molar-refractivity contribution in [3.63, 3.8) is 0 Å². The highest BCUT2D eigenvalue weighted by molar-refractivity contribution is 5.94. The van der Waals surface area contributed by atoms with Crippen molar-refractivity contribution in [3.8, 4) is 0 Å². The van der Waals surface area contributed by atoms with Gasteiger partial charge in [-0.05, 0) is 91.3 Å². The molecule has 0 bridgehead atoms. The number of carbonyl (C=O) groups excluding carboxylic acids is 3. The number of ether oxygens (including phenoxy) is 2. The van der Waals surface area contributed by atoms with E-state index in [2.05, 4.69) is 0 Å². The molecule has 6 heteroatoms. The lowest BCUT2D eigenvalue weighted by Gasteiger charge is -2.35. The van der Waals surface area contributed by atoms with Crippen molar-refractivity contribution in [1.82, 2.24) is 4.90 Å². The fourth-order valence-electron chi connectivity index (χ4n) is 4.05. The molecule has 1 atom stereocenters. The van der Waals surface area contributed by atoms with Crippen molar-refractivity contribution in [2.24, 2.45) is 5.41 Å². The van der Waals surface area contributed by atoms with E-state index < -0.39 is 22.7 Å². The van der Waals surface area contributed by atoms with Crippen molar-refractivity contribution >= 4 is 17.8 Å². The van der Waals surface area contributed by atoms with Crippen LogP contribution in [-0.4, -0.2) is 40.5 Å². The molecule has 31 heavy (non-hydrogen) atoms. The van der Waals surface area contributed by atoms with E-state index in [0.717, 1.165) is 24.0 Å². The van der Waals surface area contributed by atoms with Gasteiger partial charge in [-0.3, -0.25) is 14.5 Å². The fourth-order valence-corrected chi connectivity index (χ4v) is 4.05. The van der Waals surface area contributed by atoms with E-state index in [9.17, 15) is 14.4 Å². The van der Waals surface area contributed by atoms with Crippen LogP contribution in [0.3, 0.4) is 0 Å². The highest BCUT2D eigenvalue weighted by atomic mass is 16.6. The Morgan fingerprint density at radius 2 is 1.65 bits per heavy atom. The van der Waals surface area contributed by atoms with Crippen LogP contribution in [0.25, 0.3) is 0 Å². The summed E-state index contributed by atoms with van der Waals surface area (Å²) in [5, 5.41) is 0. The summed E-state index contributed by atoms with van der Waals surface area (Å²) in [7, 11) is 0. The van der Waals surface area contributed by atoms with Crippen LogP contribution in [0.1, 0.15) is 95.3 Å². The maximum absolute atomic E-state index is 13.2. The minimum atomic E-state index is -0.674. The van der Waals surface area contributed by atoms with Crippen LogP contribution in [0.2, 0.25) is 0 Å². The van der Waals surface area contributed by atoms with Gasteiger partial charge in [0.05, 0.1) is 11.5 Å². The van der Waals surface area contributed by atoms with Crippen LogP contribution in [0.4, 0.5) is 4.79 Å². The zero-order valence-corrected chi connectivity index (χ0v) is 19.8. The molecule has 2 aliphatic carbocycles. The van der Waals surface area contributed by atoms with Crippen LogP contribution in [-0.2, 0) is 20.7 Å². The summed E-state index contributed by atoms with van der Waals surface area (Å²) in [6.45, 7) is 12.9. The zero-order valence-electron chi connectivity index (χ0n) is 19.8. The second-order valence-corrected chi connectivity index (χ2v) is 10.9. The predicted molar refractivity (Wildman–Crippen MR) is 118 cm³/mol. The monoisotopic (exact) mass is 429 g/mol. The van der Waals surface area contributed by atoms with Crippen LogP contribution in [0.15, 0.2) is 18.2 Å². The number of hydrogen-bond acceptors (Lipinski definition) is 5. The lowest BCUT2D eigenvalue weighted by Crippen LogP contribution is -2.44. The number of rotatable bonds is 5. The molecule has 6 nitrogen and oxygen atoms in total. The second kappa shape index (κ2) is 7.95. The third-order valence-corrected chi connectivity index (χ3v) is 5.76. The molecule has 1 amide bonds. The molecular weight excluding hydrogens is 394 g/mol. The Morgan fingerprint density at radius 1 is 1.03 bits per heavy atom. The molecule has 1 aromatic carbocycles. The van der Waals surface area contributed by atoms with Gasteiger partial charge in [0.15, 0.2) is 5.78 Å². The molecule has 0 aliphatic heterocycles. The molecular formula is C25H35NO5. The molecule has 0 aromatic heterocycles. The first kappa shape index (κ1) is 23.3. The molecule has 0 spiro atoms. The van der Waals surface area contributed by atoms with E-state index in [1.54, 1.807) is 11.8 Å². The first-order chi connectivity index (χ1) is 14.2. The number of Topliss-reactive ketones (excluding diaryl/α,β-unsaturated/α-hetero) is 1. The van der Waals surface area contributed by atoms with E-state index in [1.807, 2.05) is 59.7 Å². The van der Waals surface area contributed by atoms with E-state index in [4.69, 9.17) is 9.47 Å². The minimum Gasteiger partial charge on any atom is -0.459 e. The summed E-state index contributed by atoms with van der Waals surface area (Å²) in [6, 6.07) is 5.48. The average molecular weight is 430 g/mol. The molecule has 1 aromatic rings. The summed E-state index contributed by atoms with van der Waals surface area (Å²) in [5.74, 6) is -0.226. The third-order valence-electron chi connectivity index (χ3n) is 5.76. The number of nitrogens with zero attached hydrogens (tertiary/aromatic N) is 1. The van der Waals surface area contributed by atoms with Crippen molar-refractivity contribution < 1.29 is 23.9 Å². The van der Waals surface area contributed by atoms with Crippen LogP contribution >= 0.6 is 0 Å².